The zero-order valence-corrected chi connectivity index (χ0v) is 21.8. The number of carbonyl (C=O) groups is 2. The Labute approximate surface area is 213 Å². The van der Waals surface area contributed by atoms with E-state index in [1.807, 2.05) is 13.8 Å². The number of nitrogens with one attached hydrogen (secondary N) is 1. The van der Waals surface area contributed by atoms with Crippen LogP contribution < -0.4 is 5.32 Å². The summed E-state index contributed by atoms with van der Waals surface area (Å²) in [6.45, 7) is 4.54. The number of thioether (sulfide) groups is 1. The predicted molar refractivity (Wildman–Crippen MR) is 137 cm³/mol. The summed E-state index contributed by atoms with van der Waals surface area (Å²) in [5.74, 6) is 0.253. The van der Waals surface area contributed by atoms with E-state index in [2.05, 4.69) is 5.32 Å². The molecule has 4 nitrogen and oxygen atoms in total. The first-order chi connectivity index (χ1) is 15.3. The third-order valence-electron chi connectivity index (χ3n) is 4.86. The summed E-state index contributed by atoms with van der Waals surface area (Å²) in [5, 5.41) is 4.91. The van der Waals surface area contributed by atoms with E-state index in [4.69, 9.17) is 46.4 Å². The lowest BCUT2D eigenvalue weighted by Crippen LogP contribution is -2.49. The first kappa shape index (κ1) is 27.1. The normalized spacial score (nSPS) is 11.8. The summed E-state index contributed by atoms with van der Waals surface area (Å²) in [6, 6.07) is 9.86. The first-order valence-corrected chi connectivity index (χ1v) is 13.0. The molecule has 0 radical (unpaired) electrons. The Hall–Kier alpha value is -1.11. The number of hydrogen-bond acceptors (Lipinski definition) is 3. The topological polar surface area (TPSA) is 49.4 Å². The van der Waals surface area contributed by atoms with Gasteiger partial charge in [0.2, 0.25) is 11.8 Å². The number of amides is 2. The van der Waals surface area contributed by atoms with Crippen molar-refractivity contribution in [2.24, 2.45) is 0 Å². The average Bonchev–Trinajstić information content (AvgIpc) is 2.76. The van der Waals surface area contributed by atoms with Crippen LogP contribution >= 0.6 is 58.2 Å². The summed E-state index contributed by atoms with van der Waals surface area (Å²) in [4.78, 5) is 27.6. The van der Waals surface area contributed by atoms with Crippen molar-refractivity contribution in [3.05, 3.63) is 67.6 Å². The smallest absolute Gasteiger partial charge is 0.242 e. The van der Waals surface area contributed by atoms with Gasteiger partial charge >= 0.3 is 0 Å². The molecule has 0 aromatic heterocycles. The maximum Gasteiger partial charge on any atom is 0.242 e. The number of benzene rings is 2. The molecule has 9 heteroatoms. The van der Waals surface area contributed by atoms with Crippen LogP contribution in [0.1, 0.15) is 37.8 Å². The minimum absolute atomic E-state index is 0.142. The van der Waals surface area contributed by atoms with Crippen molar-refractivity contribution < 1.29 is 9.59 Å². The van der Waals surface area contributed by atoms with Gasteiger partial charge in [-0.05, 0) is 42.7 Å². The fourth-order valence-electron chi connectivity index (χ4n) is 3.13. The first-order valence-electron chi connectivity index (χ1n) is 10.3. The van der Waals surface area contributed by atoms with Gasteiger partial charge in [0.05, 0.1) is 5.75 Å². The van der Waals surface area contributed by atoms with Crippen LogP contribution in [0.4, 0.5) is 0 Å². The molecule has 174 valence electrons. The molecule has 0 aliphatic heterocycles. The highest BCUT2D eigenvalue weighted by atomic mass is 35.5. The lowest BCUT2D eigenvalue weighted by molar-refractivity contribution is -0.139. The van der Waals surface area contributed by atoms with Crippen LogP contribution in [0.5, 0.6) is 0 Å². The molecule has 0 aliphatic carbocycles. The van der Waals surface area contributed by atoms with Gasteiger partial charge in [-0.1, -0.05) is 72.4 Å². The second kappa shape index (κ2) is 13.6. The molecule has 32 heavy (non-hydrogen) atoms. The maximum atomic E-state index is 13.3. The molecule has 2 aromatic rings. The van der Waals surface area contributed by atoms with Gasteiger partial charge in [-0.2, -0.15) is 0 Å². The van der Waals surface area contributed by atoms with Gasteiger partial charge in [0.25, 0.3) is 0 Å². The highest BCUT2D eigenvalue weighted by Crippen LogP contribution is 2.30. The van der Waals surface area contributed by atoms with Crippen LogP contribution in [0.25, 0.3) is 0 Å². The lowest BCUT2D eigenvalue weighted by Gasteiger charge is -2.31. The van der Waals surface area contributed by atoms with Crippen molar-refractivity contribution in [1.29, 1.82) is 0 Å². The predicted octanol–water partition coefficient (Wildman–Crippen LogP) is 6.87. The van der Waals surface area contributed by atoms with E-state index >= 15 is 0 Å². The minimum atomic E-state index is -0.633. The summed E-state index contributed by atoms with van der Waals surface area (Å²) < 4.78 is 0. The van der Waals surface area contributed by atoms with Crippen molar-refractivity contribution in [2.45, 2.75) is 45.0 Å². The largest absolute Gasteiger partial charge is 0.354 e. The van der Waals surface area contributed by atoms with Gasteiger partial charge < -0.3 is 10.2 Å². The molecule has 2 amide bonds. The minimum Gasteiger partial charge on any atom is -0.354 e. The molecule has 0 aliphatic rings. The average molecular weight is 536 g/mol. The van der Waals surface area contributed by atoms with Crippen LogP contribution in [0.15, 0.2) is 36.4 Å². The lowest BCUT2D eigenvalue weighted by atomic mass is 10.1. The number of carbonyl (C=O) groups excluding carboxylic acids is 2. The molecular formula is C23H26Cl4N2O2S. The highest BCUT2D eigenvalue weighted by Gasteiger charge is 2.29. The van der Waals surface area contributed by atoms with E-state index < -0.39 is 6.04 Å². The van der Waals surface area contributed by atoms with Gasteiger partial charge in [0.1, 0.15) is 6.04 Å². The van der Waals surface area contributed by atoms with Crippen molar-refractivity contribution >= 4 is 70.0 Å². The number of nitrogens with zero attached hydrogens (tertiary/aromatic N) is 1. The van der Waals surface area contributed by atoms with Crippen LogP contribution in [0.2, 0.25) is 20.1 Å². The van der Waals surface area contributed by atoms with E-state index in [9.17, 15) is 9.59 Å². The molecule has 0 fully saturated rings. The van der Waals surface area contributed by atoms with Crippen LogP contribution in [0, 0.1) is 0 Å². The zero-order chi connectivity index (χ0) is 23.7. The SMILES string of the molecule is CCCNC(=O)C(CC)N(Cc1c(Cl)cccc1Cl)C(=O)CSCc1c(Cl)cccc1Cl. The Morgan fingerprint density at radius 2 is 1.47 bits per heavy atom. The Kier molecular flexibility index (Phi) is 11.5. The molecule has 2 aromatic carbocycles. The zero-order valence-electron chi connectivity index (χ0n) is 18.0. The van der Waals surface area contributed by atoms with E-state index in [0.717, 1.165) is 12.0 Å². The van der Waals surface area contributed by atoms with Crippen molar-refractivity contribution in [3.8, 4) is 0 Å². The standard InChI is InChI=1S/C23H26Cl4N2O2S/c1-3-11-28-23(31)21(4-2)29(12-15-17(24)7-5-8-18(15)25)22(30)14-32-13-16-19(26)9-6-10-20(16)27/h5-10,21H,3-4,11-14H2,1-2H3,(H,28,31). The van der Waals surface area contributed by atoms with Crippen LogP contribution in [-0.2, 0) is 21.9 Å². The third-order valence-corrected chi connectivity index (χ3v) is 7.22. The summed E-state index contributed by atoms with van der Waals surface area (Å²) in [7, 11) is 0. The highest BCUT2D eigenvalue weighted by molar-refractivity contribution is 7.99. The molecule has 0 saturated carbocycles. The van der Waals surface area contributed by atoms with Crippen molar-refractivity contribution in [2.75, 3.05) is 12.3 Å². The molecule has 2 rings (SSSR count). The summed E-state index contributed by atoms with van der Waals surface area (Å²) in [5.41, 5.74) is 1.40. The molecule has 0 heterocycles. The Balaban J connectivity index is 2.22. The molecule has 1 N–H and O–H groups in total. The quantitative estimate of drug-likeness (QED) is 0.341. The van der Waals surface area contributed by atoms with E-state index in [1.165, 1.54) is 11.8 Å². The van der Waals surface area contributed by atoms with Gasteiger partial charge in [-0.15, -0.1) is 11.8 Å². The van der Waals surface area contributed by atoms with Gasteiger partial charge in [-0.3, -0.25) is 9.59 Å². The molecule has 0 bridgehead atoms. The fourth-order valence-corrected chi connectivity index (χ4v) is 5.30. The number of hydrogen-bond donors (Lipinski definition) is 1. The van der Waals surface area contributed by atoms with Crippen LogP contribution in [-0.4, -0.2) is 35.1 Å². The fraction of sp³-hybridized carbons (Fsp3) is 0.391. The molecule has 1 atom stereocenters. The maximum absolute atomic E-state index is 13.3. The molecular weight excluding hydrogens is 510 g/mol. The second-order valence-corrected chi connectivity index (χ2v) is 9.74. The van der Waals surface area contributed by atoms with Gasteiger partial charge in [0.15, 0.2) is 0 Å². The summed E-state index contributed by atoms with van der Waals surface area (Å²) >= 11 is 26.6. The number of rotatable bonds is 11. The van der Waals surface area contributed by atoms with Crippen molar-refractivity contribution in [1.82, 2.24) is 10.2 Å². The number of halogens is 4. The van der Waals surface area contributed by atoms with Gasteiger partial charge in [0, 0.05) is 44.5 Å². The Morgan fingerprint density at radius 3 is 1.97 bits per heavy atom. The van der Waals surface area contributed by atoms with E-state index in [1.54, 1.807) is 41.3 Å². The monoisotopic (exact) mass is 534 g/mol. The molecule has 0 spiro atoms. The molecule has 1 unspecified atom stereocenters. The second-order valence-electron chi connectivity index (χ2n) is 7.13. The Morgan fingerprint density at radius 1 is 0.938 bits per heavy atom. The van der Waals surface area contributed by atoms with Crippen LogP contribution in [0.3, 0.4) is 0 Å². The van der Waals surface area contributed by atoms with Crippen molar-refractivity contribution in [3.63, 3.8) is 0 Å². The van der Waals surface area contributed by atoms with E-state index in [0.29, 0.717) is 44.4 Å². The third kappa shape index (κ3) is 7.46. The summed E-state index contributed by atoms with van der Waals surface area (Å²) in [6.07, 6.45) is 1.27. The molecule has 0 saturated heterocycles. The van der Waals surface area contributed by atoms with E-state index in [-0.39, 0.29) is 24.1 Å². The van der Waals surface area contributed by atoms with Gasteiger partial charge in [-0.25, -0.2) is 0 Å². The Bertz CT molecular complexity index is 902.